The fraction of sp³-hybridized carbons (Fsp3) is 0.500. The fourth-order valence-electron chi connectivity index (χ4n) is 0.103. The van der Waals surface area contributed by atoms with Gasteiger partial charge in [-0.3, -0.25) is 0 Å². The molecule has 0 spiro atoms. The minimum Gasteiger partial charge on any atom is -0.333 e. The molecule has 0 atom stereocenters. The molecule has 0 heterocycles. The lowest BCUT2D eigenvalue weighted by atomic mass is 10.4. The van der Waals surface area contributed by atoms with Crippen molar-refractivity contribution < 1.29 is 8.10 Å². The van der Waals surface area contributed by atoms with E-state index in [0.29, 0.717) is 5.76 Å². The van der Waals surface area contributed by atoms with Crippen LogP contribution in [-0.2, 0) is 8.10 Å². The van der Waals surface area contributed by atoms with E-state index < -0.39 is 0 Å². The first-order valence-electron chi connectivity index (χ1n) is 1.94. The van der Waals surface area contributed by atoms with Crippen molar-refractivity contribution in [2.45, 2.75) is 13.3 Å². The van der Waals surface area contributed by atoms with Crippen LogP contribution in [-0.4, -0.2) is 0 Å². The van der Waals surface area contributed by atoms with E-state index in [1.807, 2.05) is 6.92 Å². The molecule has 0 aromatic heterocycles. The van der Waals surface area contributed by atoms with Crippen molar-refractivity contribution >= 4 is 23.0 Å². The van der Waals surface area contributed by atoms with Gasteiger partial charge in [0.05, 0.1) is 0 Å². The maximum atomic E-state index is 4.48. The van der Waals surface area contributed by atoms with Crippen LogP contribution < -0.4 is 0 Å². The second kappa shape index (κ2) is 4.39. The number of hydrogen-bond acceptors (Lipinski definition) is 2. The molecule has 0 radical (unpaired) electrons. The lowest BCUT2D eigenvalue weighted by Crippen LogP contribution is -1.80. The van der Waals surface area contributed by atoms with Crippen LogP contribution in [0.25, 0.3) is 0 Å². The van der Waals surface area contributed by atoms with Gasteiger partial charge in [0.2, 0.25) is 0 Å². The second-order valence-corrected chi connectivity index (χ2v) is 1.40. The highest BCUT2D eigenvalue weighted by Gasteiger charge is 1.85. The van der Waals surface area contributed by atoms with Gasteiger partial charge in [-0.1, -0.05) is 13.5 Å². The van der Waals surface area contributed by atoms with Crippen LogP contribution in [0.2, 0.25) is 0 Å². The Morgan fingerprint density at radius 2 is 2.43 bits per heavy atom. The molecule has 0 bridgehead atoms. The molecule has 2 nitrogen and oxygen atoms in total. The number of rotatable bonds is 3. The molecule has 0 aliphatic heterocycles. The van der Waals surface area contributed by atoms with Gasteiger partial charge in [-0.15, -0.1) is 3.22 Å². The summed E-state index contributed by atoms with van der Waals surface area (Å²) in [6.07, 6.45) is 0.795. The molecule has 0 fully saturated rings. The van der Waals surface area contributed by atoms with Crippen LogP contribution in [0.4, 0.5) is 0 Å². The maximum absolute atomic E-state index is 4.48. The van der Waals surface area contributed by atoms with Gasteiger partial charge in [-0.25, -0.2) is 0 Å². The molecule has 0 saturated heterocycles. The average Bonchev–Trinajstić information content (AvgIpc) is 1.68. The highest BCUT2D eigenvalue weighted by atomic mass is 127. The van der Waals surface area contributed by atoms with Crippen molar-refractivity contribution in [3.05, 3.63) is 12.3 Å². The zero-order valence-electron chi connectivity index (χ0n) is 4.11. The van der Waals surface area contributed by atoms with Crippen LogP contribution in [0.3, 0.4) is 0 Å². The van der Waals surface area contributed by atoms with Crippen molar-refractivity contribution in [2.75, 3.05) is 0 Å². The summed E-state index contributed by atoms with van der Waals surface area (Å²) in [6, 6.07) is 0. The Kier molecular flexibility index (Phi) is 4.53. The summed E-state index contributed by atoms with van der Waals surface area (Å²) < 4.78 is 4.26. The molecule has 0 N–H and O–H groups in total. The predicted molar refractivity (Wildman–Crippen MR) is 35.6 cm³/mol. The van der Waals surface area contributed by atoms with Gasteiger partial charge >= 0.3 is 0 Å². The average molecular weight is 214 g/mol. The lowest BCUT2D eigenvalue weighted by Gasteiger charge is -1.95. The van der Waals surface area contributed by atoms with Crippen LogP contribution in [0.1, 0.15) is 13.3 Å². The summed E-state index contributed by atoms with van der Waals surface area (Å²) in [6.45, 7) is 5.45. The Labute approximate surface area is 57.1 Å². The topological polar surface area (TPSA) is 18.5 Å². The third kappa shape index (κ3) is 4.08. The minimum atomic E-state index is 0.648. The number of hydrogen-bond donors (Lipinski definition) is 0. The zero-order chi connectivity index (χ0) is 5.70. The molecule has 42 valence electrons. The zero-order valence-corrected chi connectivity index (χ0v) is 6.27. The molecule has 0 rings (SSSR count). The largest absolute Gasteiger partial charge is 0.333 e. The molecule has 0 aliphatic carbocycles. The first-order valence-corrected chi connectivity index (χ1v) is 2.82. The monoisotopic (exact) mass is 214 g/mol. The van der Waals surface area contributed by atoms with Crippen LogP contribution in [0, 0.1) is 0 Å². The van der Waals surface area contributed by atoms with E-state index in [0.717, 1.165) is 6.42 Å². The highest BCUT2D eigenvalue weighted by molar-refractivity contribution is 14.1. The number of halogens is 1. The van der Waals surface area contributed by atoms with Gasteiger partial charge in [0, 0.05) is 6.42 Å². The minimum absolute atomic E-state index is 0.648. The van der Waals surface area contributed by atoms with E-state index in [1.165, 1.54) is 0 Å². The predicted octanol–water partition coefficient (Wildman–Crippen LogP) is 2.21. The van der Waals surface area contributed by atoms with Crippen molar-refractivity contribution in [3.8, 4) is 0 Å². The maximum Gasteiger partial charge on any atom is 0.170 e. The first-order chi connectivity index (χ1) is 3.31. The van der Waals surface area contributed by atoms with Crippen molar-refractivity contribution in [1.29, 1.82) is 0 Å². The molecule has 0 amide bonds. The molecule has 3 heteroatoms. The van der Waals surface area contributed by atoms with Crippen LogP contribution in [0.15, 0.2) is 12.3 Å². The second-order valence-electron chi connectivity index (χ2n) is 1.04. The van der Waals surface area contributed by atoms with Gasteiger partial charge < -0.3 is 4.89 Å². The Bertz CT molecular complexity index is 62.7. The smallest absolute Gasteiger partial charge is 0.170 e. The summed E-state index contributed by atoms with van der Waals surface area (Å²) >= 11 is 1.64. The molecular weight excluding hydrogens is 207 g/mol. The Morgan fingerprint density at radius 3 is 2.57 bits per heavy atom. The van der Waals surface area contributed by atoms with Gasteiger partial charge in [0.15, 0.2) is 23.0 Å². The lowest BCUT2D eigenvalue weighted by molar-refractivity contribution is -0.122. The Hall–Kier alpha value is 0.230. The molecule has 0 aromatic rings. The SMILES string of the molecule is C=C(CC)OOI. The van der Waals surface area contributed by atoms with E-state index in [4.69, 9.17) is 0 Å². The van der Waals surface area contributed by atoms with Crippen LogP contribution in [0.5, 0.6) is 0 Å². The molecule has 0 unspecified atom stereocenters. The van der Waals surface area contributed by atoms with E-state index in [1.54, 1.807) is 23.0 Å². The fourth-order valence-corrected chi connectivity index (χ4v) is 0.358. The van der Waals surface area contributed by atoms with Crippen molar-refractivity contribution in [1.82, 2.24) is 0 Å². The van der Waals surface area contributed by atoms with Crippen molar-refractivity contribution in [3.63, 3.8) is 0 Å². The first kappa shape index (κ1) is 7.23. The van der Waals surface area contributed by atoms with E-state index in [-0.39, 0.29) is 0 Å². The molecule has 7 heavy (non-hydrogen) atoms. The third-order valence-corrected chi connectivity index (χ3v) is 0.723. The van der Waals surface area contributed by atoms with Gasteiger partial charge in [0.25, 0.3) is 0 Å². The highest BCUT2D eigenvalue weighted by Crippen LogP contribution is 2.01. The number of allylic oxidation sites excluding steroid dienone is 1. The van der Waals surface area contributed by atoms with Gasteiger partial charge in [0.1, 0.15) is 5.76 Å². The summed E-state index contributed by atoms with van der Waals surface area (Å²) in [4.78, 5) is 4.48. The summed E-state index contributed by atoms with van der Waals surface area (Å²) in [5.74, 6) is 0.648. The summed E-state index contributed by atoms with van der Waals surface area (Å²) in [5.41, 5.74) is 0. The van der Waals surface area contributed by atoms with Crippen molar-refractivity contribution in [2.24, 2.45) is 0 Å². The quantitative estimate of drug-likeness (QED) is 0.310. The third-order valence-electron chi connectivity index (χ3n) is 0.544. The molecule has 0 saturated carbocycles. The Balaban J connectivity index is 3.00. The summed E-state index contributed by atoms with van der Waals surface area (Å²) in [5, 5.41) is 0. The normalized spacial score (nSPS) is 8.29. The van der Waals surface area contributed by atoms with Crippen LogP contribution >= 0.6 is 23.0 Å². The Morgan fingerprint density at radius 1 is 1.86 bits per heavy atom. The summed E-state index contributed by atoms with van der Waals surface area (Å²) in [7, 11) is 0. The molecule has 0 aliphatic rings. The van der Waals surface area contributed by atoms with E-state index >= 15 is 0 Å². The standard InChI is InChI=1S/C4H7IO2/c1-3-4(2)6-7-5/h2-3H2,1H3. The van der Waals surface area contributed by atoms with E-state index in [9.17, 15) is 0 Å². The molecular formula is C4H7IO2. The van der Waals surface area contributed by atoms with Gasteiger partial charge in [-0.2, -0.15) is 0 Å². The van der Waals surface area contributed by atoms with E-state index in [2.05, 4.69) is 14.7 Å². The molecule has 0 aromatic carbocycles. The van der Waals surface area contributed by atoms with Gasteiger partial charge in [-0.05, 0) is 0 Å².